The smallest absolute Gasteiger partial charge is 0.328 e. The second-order valence-corrected chi connectivity index (χ2v) is 7.68. The number of carbonyl (C=O) groups is 1. The third-order valence-corrected chi connectivity index (χ3v) is 5.77. The molecule has 1 fully saturated rings. The zero-order valence-corrected chi connectivity index (χ0v) is 16.5. The number of likely N-dealkylation sites (N-methyl/N-ethyl adjacent to an activating group) is 1. The average Bonchev–Trinajstić information content (AvgIpc) is 2.69. The molecule has 0 spiro atoms. The van der Waals surface area contributed by atoms with E-state index in [0.717, 1.165) is 24.9 Å². The Morgan fingerprint density at radius 3 is 2.54 bits per heavy atom. The number of nitrogens with zero attached hydrogens (tertiary/aromatic N) is 3. The van der Waals surface area contributed by atoms with E-state index in [9.17, 15) is 9.59 Å². The zero-order valence-electron chi connectivity index (χ0n) is 16.5. The van der Waals surface area contributed by atoms with Gasteiger partial charge in [0, 0.05) is 24.3 Å². The van der Waals surface area contributed by atoms with Crippen LogP contribution in [-0.4, -0.2) is 46.0 Å². The molecule has 0 bridgehead atoms. The Balaban J connectivity index is 1.64. The SMILES string of the molecule is CC(Cc1ccc(-n2ccc(NC=O)nc2=O)cc1)N(C)C1CCC(N)CC1. The summed E-state index contributed by atoms with van der Waals surface area (Å²) >= 11 is 0. The maximum atomic E-state index is 12.1. The van der Waals surface area contributed by atoms with E-state index >= 15 is 0 Å². The molecule has 1 saturated carbocycles. The summed E-state index contributed by atoms with van der Waals surface area (Å²) in [5.74, 6) is 0.244. The van der Waals surface area contributed by atoms with Crippen molar-refractivity contribution in [2.24, 2.45) is 5.73 Å². The highest BCUT2D eigenvalue weighted by atomic mass is 16.1. The van der Waals surface area contributed by atoms with Gasteiger partial charge in [-0.2, -0.15) is 4.98 Å². The topological polar surface area (TPSA) is 93.2 Å². The van der Waals surface area contributed by atoms with Crippen LogP contribution in [0.15, 0.2) is 41.3 Å². The number of hydrogen-bond donors (Lipinski definition) is 2. The standard InChI is InChI=1S/C21H29N5O2/c1-15(25(2)18-9-5-17(22)6-10-18)13-16-3-7-19(8-4-16)26-12-11-20(23-14-27)24-21(26)28/h3-4,7-8,11-12,14-15,17-18H,5-6,9-10,13,22H2,1-2H3,(H,23,24,27,28). The quantitative estimate of drug-likeness (QED) is 0.713. The normalized spacial score (nSPS) is 20.7. The van der Waals surface area contributed by atoms with E-state index in [2.05, 4.69) is 41.3 Å². The number of rotatable bonds is 7. The van der Waals surface area contributed by atoms with Crippen LogP contribution in [-0.2, 0) is 11.2 Å². The minimum absolute atomic E-state index is 0.244. The Labute approximate surface area is 165 Å². The molecular weight excluding hydrogens is 354 g/mol. The first-order valence-electron chi connectivity index (χ1n) is 9.84. The molecule has 1 aliphatic rings. The van der Waals surface area contributed by atoms with Crippen molar-refractivity contribution in [3.63, 3.8) is 0 Å². The summed E-state index contributed by atoms with van der Waals surface area (Å²) in [6.07, 6.45) is 7.63. The molecular formula is C21H29N5O2. The van der Waals surface area contributed by atoms with Crippen molar-refractivity contribution in [3.05, 3.63) is 52.6 Å². The zero-order chi connectivity index (χ0) is 20.1. The first kappa shape index (κ1) is 20.2. The number of nitrogens with one attached hydrogen (secondary N) is 1. The predicted molar refractivity (Wildman–Crippen MR) is 111 cm³/mol. The van der Waals surface area contributed by atoms with Gasteiger partial charge in [-0.1, -0.05) is 12.1 Å². The maximum Gasteiger partial charge on any atom is 0.354 e. The van der Waals surface area contributed by atoms with Crippen LogP contribution in [0.4, 0.5) is 5.82 Å². The van der Waals surface area contributed by atoms with Gasteiger partial charge in [0.1, 0.15) is 5.82 Å². The molecule has 1 unspecified atom stereocenters. The van der Waals surface area contributed by atoms with Crippen molar-refractivity contribution < 1.29 is 4.79 Å². The lowest BCUT2D eigenvalue weighted by atomic mass is 9.90. The van der Waals surface area contributed by atoms with Crippen molar-refractivity contribution in [3.8, 4) is 5.69 Å². The predicted octanol–water partition coefficient (Wildman–Crippen LogP) is 1.93. The third-order valence-electron chi connectivity index (χ3n) is 5.77. The van der Waals surface area contributed by atoms with Crippen molar-refractivity contribution in [2.45, 2.75) is 57.2 Å². The summed E-state index contributed by atoms with van der Waals surface area (Å²) in [5.41, 5.74) is 7.58. The fraction of sp³-hybridized carbons (Fsp3) is 0.476. The minimum atomic E-state index is -0.428. The number of carbonyl (C=O) groups excluding carboxylic acids is 1. The van der Waals surface area contributed by atoms with Gasteiger partial charge >= 0.3 is 5.69 Å². The van der Waals surface area contributed by atoms with Crippen molar-refractivity contribution in [2.75, 3.05) is 12.4 Å². The largest absolute Gasteiger partial charge is 0.354 e. The van der Waals surface area contributed by atoms with Gasteiger partial charge in [-0.3, -0.25) is 9.36 Å². The van der Waals surface area contributed by atoms with Crippen LogP contribution in [0.2, 0.25) is 0 Å². The number of anilines is 1. The van der Waals surface area contributed by atoms with E-state index in [-0.39, 0.29) is 5.82 Å². The van der Waals surface area contributed by atoms with Gasteiger partial charge in [0.05, 0.1) is 5.69 Å². The molecule has 0 radical (unpaired) electrons. The Morgan fingerprint density at radius 2 is 1.93 bits per heavy atom. The molecule has 28 heavy (non-hydrogen) atoms. The molecule has 7 heteroatoms. The Bertz CT molecular complexity index is 841. The summed E-state index contributed by atoms with van der Waals surface area (Å²) < 4.78 is 1.46. The fourth-order valence-electron chi connectivity index (χ4n) is 3.89. The molecule has 1 aliphatic carbocycles. The number of benzene rings is 1. The lowest BCUT2D eigenvalue weighted by Gasteiger charge is -2.37. The van der Waals surface area contributed by atoms with Crippen LogP contribution in [0.5, 0.6) is 0 Å². The van der Waals surface area contributed by atoms with Crippen molar-refractivity contribution in [1.82, 2.24) is 14.5 Å². The second-order valence-electron chi connectivity index (χ2n) is 7.68. The van der Waals surface area contributed by atoms with Crippen LogP contribution < -0.4 is 16.7 Å². The summed E-state index contributed by atoms with van der Waals surface area (Å²) in [6, 6.07) is 11.0. The molecule has 1 atom stereocenters. The van der Waals surface area contributed by atoms with Gasteiger partial charge in [-0.05, 0) is 69.8 Å². The lowest BCUT2D eigenvalue weighted by molar-refractivity contribution is -0.105. The van der Waals surface area contributed by atoms with Crippen molar-refractivity contribution in [1.29, 1.82) is 0 Å². The summed E-state index contributed by atoms with van der Waals surface area (Å²) in [6.45, 7) is 2.26. The van der Waals surface area contributed by atoms with E-state index in [4.69, 9.17) is 5.73 Å². The Morgan fingerprint density at radius 1 is 1.25 bits per heavy atom. The monoisotopic (exact) mass is 383 g/mol. The van der Waals surface area contributed by atoms with Gasteiger partial charge in [0.15, 0.2) is 0 Å². The molecule has 1 heterocycles. The van der Waals surface area contributed by atoms with Gasteiger partial charge in [-0.25, -0.2) is 4.79 Å². The molecule has 0 aliphatic heterocycles. The van der Waals surface area contributed by atoms with Gasteiger partial charge in [-0.15, -0.1) is 0 Å². The molecule has 7 nitrogen and oxygen atoms in total. The molecule has 3 N–H and O–H groups in total. The summed E-state index contributed by atoms with van der Waals surface area (Å²) in [7, 11) is 2.21. The molecule has 3 rings (SSSR count). The molecule has 1 aromatic carbocycles. The molecule has 150 valence electrons. The van der Waals surface area contributed by atoms with Gasteiger partial charge in [0.2, 0.25) is 6.41 Å². The van der Waals surface area contributed by atoms with E-state index in [1.807, 2.05) is 12.1 Å². The highest BCUT2D eigenvalue weighted by molar-refractivity contribution is 5.68. The molecule has 1 amide bonds. The van der Waals surface area contributed by atoms with E-state index < -0.39 is 5.69 Å². The van der Waals surface area contributed by atoms with Crippen LogP contribution in [0.25, 0.3) is 5.69 Å². The molecule has 2 aromatic rings. The summed E-state index contributed by atoms with van der Waals surface area (Å²) in [5, 5.41) is 2.38. The van der Waals surface area contributed by atoms with E-state index in [0.29, 0.717) is 24.5 Å². The van der Waals surface area contributed by atoms with E-state index in [1.165, 1.54) is 23.0 Å². The first-order chi connectivity index (χ1) is 13.5. The number of hydrogen-bond acceptors (Lipinski definition) is 5. The van der Waals surface area contributed by atoms with Crippen molar-refractivity contribution >= 4 is 12.2 Å². The molecule has 0 saturated heterocycles. The fourth-order valence-corrected chi connectivity index (χ4v) is 3.89. The third kappa shape index (κ3) is 4.85. The van der Waals surface area contributed by atoms with Crippen LogP contribution in [0.3, 0.4) is 0 Å². The number of amides is 1. The number of aromatic nitrogens is 2. The van der Waals surface area contributed by atoms with Gasteiger partial charge < -0.3 is 16.0 Å². The highest BCUT2D eigenvalue weighted by Crippen LogP contribution is 2.23. The second kappa shape index (κ2) is 9.12. The molecule has 1 aromatic heterocycles. The maximum absolute atomic E-state index is 12.1. The Hall–Kier alpha value is -2.51. The van der Waals surface area contributed by atoms with Crippen LogP contribution >= 0.6 is 0 Å². The highest BCUT2D eigenvalue weighted by Gasteiger charge is 2.24. The van der Waals surface area contributed by atoms with E-state index in [1.54, 1.807) is 12.3 Å². The van der Waals surface area contributed by atoms with Crippen LogP contribution in [0.1, 0.15) is 38.2 Å². The Kier molecular flexibility index (Phi) is 6.59. The number of nitrogens with two attached hydrogens (primary N) is 1. The van der Waals surface area contributed by atoms with Gasteiger partial charge in [0.25, 0.3) is 0 Å². The first-order valence-corrected chi connectivity index (χ1v) is 9.84. The van der Waals surface area contributed by atoms with Crippen LogP contribution in [0, 0.1) is 0 Å². The lowest BCUT2D eigenvalue weighted by Crippen LogP contribution is -2.43. The minimum Gasteiger partial charge on any atom is -0.328 e. The summed E-state index contributed by atoms with van der Waals surface area (Å²) in [4.78, 5) is 28.9. The average molecular weight is 383 g/mol.